The first kappa shape index (κ1) is 18.6. The first-order valence-electron chi connectivity index (χ1n) is 10.6. The molecule has 2 heterocycles. The van der Waals surface area contributed by atoms with E-state index in [2.05, 4.69) is 57.6 Å². The number of anilines is 1. The largest absolute Gasteiger partial charge is 0.460 e. The number of ketones is 1. The Morgan fingerprint density at radius 3 is 2.61 bits per heavy atom. The van der Waals surface area contributed by atoms with Crippen LogP contribution in [0.1, 0.15) is 36.5 Å². The quantitative estimate of drug-likeness (QED) is 0.331. The lowest BCUT2D eigenvalue weighted by atomic mass is 9.76. The highest BCUT2D eigenvalue weighted by atomic mass is 79.9. The molecule has 0 spiro atoms. The van der Waals surface area contributed by atoms with Gasteiger partial charge in [0.2, 0.25) is 0 Å². The fourth-order valence-corrected chi connectivity index (χ4v) is 5.18. The van der Waals surface area contributed by atoms with Crippen LogP contribution in [0.5, 0.6) is 0 Å². The lowest BCUT2D eigenvalue weighted by molar-refractivity contribution is -0.116. The summed E-state index contributed by atoms with van der Waals surface area (Å²) in [5, 5.41) is 5.90. The number of hydrogen-bond donors (Lipinski definition) is 1. The summed E-state index contributed by atoms with van der Waals surface area (Å²) >= 11 is 3.49. The zero-order valence-corrected chi connectivity index (χ0v) is 18.4. The predicted octanol–water partition coefficient (Wildman–Crippen LogP) is 7.43. The van der Waals surface area contributed by atoms with E-state index >= 15 is 0 Å². The Kier molecular flexibility index (Phi) is 4.35. The van der Waals surface area contributed by atoms with Gasteiger partial charge < -0.3 is 9.73 Å². The molecule has 2 aliphatic rings. The normalized spacial score (nSPS) is 18.0. The van der Waals surface area contributed by atoms with E-state index in [1.54, 1.807) is 0 Å². The van der Waals surface area contributed by atoms with Crippen LogP contribution >= 0.6 is 15.9 Å². The number of fused-ring (bicyclic) bond motifs is 3. The van der Waals surface area contributed by atoms with Gasteiger partial charge in [0, 0.05) is 33.4 Å². The van der Waals surface area contributed by atoms with Gasteiger partial charge in [-0.1, -0.05) is 58.4 Å². The third kappa shape index (κ3) is 3.05. The molecule has 1 N–H and O–H groups in total. The molecular formula is C27H20BrNO2. The van der Waals surface area contributed by atoms with Crippen LogP contribution in [0.15, 0.2) is 93.0 Å². The minimum Gasteiger partial charge on any atom is -0.460 e. The molecule has 4 heteroatoms. The number of furan rings is 1. The fraction of sp³-hybridized carbons (Fsp3) is 0.148. The number of hydrogen-bond acceptors (Lipinski definition) is 3. The van der Waals surface area contributed by atoms with Gasteiger partial charge in [-0.2, -0.15) is 0 Å². The molecule has 0 radical (unpaired) electrons. The van der Waals surface area contributed by atoms with Crippen LogP contribution < -0.4 is 5.32 Å². The number of benzene rings is 3. The van der Waals surface area contributed by atoms with Crippen molar-refractivity contribution in [3.05, 3.63) is 99.9 Å². The molecule has 1 aliphatic carbocycles. The number of nitrogens with one attached hydrogen (secondary N) is 1. The van der Waals surface area contributed by atoms with Gasteiger partial charge in [0.1, 0.15) is 11.5 Å². The molecule has 3 nitrogen and oxygen atoms in total. The van der Waals surface area contributed by atoms with Crippen molar-refractivity contribution in [1.82, 2.24) is 0 Å². The lowest BCUT2D eigenvalue weighted by Gasteiger charge is -2.33. The second-order valence-electron chi connectivity index (χ2n) is 8.18. The molecule has 1 atom stereocenters. The monoisotopic (exact) mass is 469 g/mol. The van der Waals surface area contributed by atoms with Crippen LogP contribution in [0.3, 0.4) is 0 Å². The minimum atomic E-state index is -0.200. The molecule has 6 rings (SSSR count). The fourth-order valence-electron chi connectivity index (χ4n) is 4.91. The van der Waals surface area contributed by atoms with Gasteiger partial charge in [0.15, 0.2) is 5.78 Å². The summed E-state index contributed by atoms with van der Waals surface area (Å²) < 4.78 is 7.45. The van der Waals surface area contributed by atoms with Crippen LogP contribution in [-0.4, -0.2) is 5.78 Å². The standard InChI is InChI=1S/C27H20BrNO2/c28-18-11-8-17(9-12-18)23-14-15-24(31-23)27-25-19-5-2-1-4-16(19)10-13-21(25)29-20-6-3-7-22(30)26(20)27/h1-2,4-5,8-15,27,29H,3,6-7H2. The molecule has 31 heavy (non-hydrogen) atoms. The number of halogens is 1. The van der Waals surface area contributed by atoms with Gasteiger partial charge in [0.05, 0.1) is 5.92 Å². The summed E-state index contributed by atoms with van der Waals surface area (Å²) in [6.45, 7) is 0. The molecule has 0 saturated carbocycles. The molecule has 1 aliphatic heterocycles. The van der Waals surface area contributed by atoms with Crippen molar-refractivity contribution in [3.63, 3.8) is 0 Å². The maximum Gasteiger partial charge on any atom is 0.161 e. The Morgan fingerprint density at radius 1 is 0.903 bits per heavy atom. The molecule has 0 amide bonds. The molecule has 1 aromatic heterocycles. The smallest absolute Gasteiger partial charge is 0.161 e. The zero-order chi connectivity index (χ0) is 20.9. The highest BCUT2D eigenvalue weighted by Crippen LogP contribution is 2.48. The van der Waals surface area contributed by atoms with Crippen molar-refractivity contribution in [2.24, 2.45) is 0 Å². The second kappa shape index (κ2) is 7.24. The van der Waals surface area contributed by atoms with E-state index in [-0.39, 0.29) is 11.7 Å². The summed E-state index contributed by atoms with van der Waals surface area (Å²) in [5.41, 5.74) is 5.13. The number of rotatable bonds is 2. The van der Waals surface area contributed by atoms with Gasteiger partial charge in [-0.05, 0) is 59.5 Å². The molecule has 0 bridgehead atoms. The first-order valence-corrected chi connectivity index (χ1v) is 11.4. The van der Waals surface area contributed by atoms with E-state index < -0.39 is 0 Å². The van der Waals surface area contributed by atoms with E-state index in [1.807, 2.05) is 36.4 Å². The number of Topliss-reactive ketones (excluding diaryl/α,β-unsaturated/α-hetero) is 1. The van der Waals surface area contributed by atoms with Crippen LogP contribution in [0.4, 0.5) is 5.69 Å². The maximum atomic E-state index is 13.1. The molecule has 1 unspecified atom stereocenters. The molecule has 4 aromatic rings. The third-order valence-corrected chi connectivity index (χ3v) is 6.86. The summed E-state index contributed by atoms with van der Waals surface area (Å²) in [5.74, 6) is 1.65. The van der Waals surface area contributed by atoms with Crippen molar-refractivity contribution in [2.75, 3.05) is 5.32 Å². The van der Waals surface area contributed by atoms with Gasteiger partial charge in [-0.3, -0.25) is 4.79 Å². The highest BCUT2D eigenvalue weighted by Gasteiger charge is 2.37. The maximum absolute atomic E-state index is 13.1. The third-order valence-electron chi connectivity index (χ3n) is 6.33. The van der Waals surface area contributed by atoms with Gasteiger partial charge in [0.25, 0.3) is 0 Å². The average molecular weight is 470 g/mol. The lowest BCUT2D eigenvalue weighted by Crippen LogP contribution is -2.26. The number of allylic oxidation sites excluding steroid dienone is 2. The SMILES string of the molecule is O=C1CCCC2=C1C(c1ccc(-c3ccc(Br)cc3)o1)c1c(ccc3ccccc13)N2. The van der Waals surface area contributed by atoms with Crippen LogP contribution in [0.2, 0.25) is 0 Å². The van der Waals surface area contributed by atoms with E-state index in [9.17, 15) is 4.79 Å². The first-order chi connectivity index (χ1) is 15.2. The van der Waals surface area contributed by atoms with Gasteiger partial charge in [-0.25, -0.2) is 0 Å². The minimum absolute atomic E-state index is 0.200. The van der Waals surface area contributed by atoms with Crippen molar-refractivity contribution in [1.29, 1.82) is 0 Å². The average Bonchev–Trinajstić information content (AvgIpc) is 3.28. The van der Waals surface area contributed by atoms with Crippen molar-refractivity contribution in [2.45, 2.75) is 25.2 Å². The highest BCUT2D eigenvalue weighted by molar-refractivity contribution is 9.10. The van der Waals surface area contributed by atoms with E-state index in [4.69, 9.17) is 4.42 Å². The molecule has 0 fully saturated rings. The Balaban J connectivity index is 1.57. The predicted molar refractivity (Wildman–Crippen MR) is 127 cm³/mol. The Bertz CT molecular complexity index is 1360. The molecule has 0 saturated heterocycles. The molecule has 3 aromatic carbocycles. The van der Waals surface area contributed by atoms with Gasteiger partial charge >= 0.3 is 0 Å². The summed E-state index contributed by atoms with van der Waals surface area (Å²) in [6.07, 6.45) is 2.38. The van der Waals surface area contributed by atoms with Crippen LogP contribution in [-0.2, 0) is 4.79 Å². The summed E-state index contributed by atoms with van der Waals surface area (Å²) in [6, 6.07) is 24.8. The Hall–Kier alpha value is -3.11. The van der Waals surface area contributed by atoms with E-state index in [0.29, 0.717) is 6.42 Å². The van der Waals surface area contributed by atoms with Crippen LogP contribution in [0.25, 0.3) is 22.1 Å². The van der Waals surface area contributed by atoms with Gasteiger partial charge in [-0.15, -0.1) is 0 Å². The zero-order valence-electron chi connectivity index (χ0n) is 16.8. The summed E-state index contributed by atoms with van der Waals surface area (Å²) in [7, 11) is 0. The number of carbonyl (C=O) groups excluding carboxylic acids is 1. The molecular weight excluding hydrogens is 450 g/mol. The Labute approximate surface area is 188 Å². The van der Waals surface area contributed by atoms with E-state index in [0.717, 1.165) is 62.3 Å². The van der Waals surface area contributed by atoms with Crippen LogP contribution in [0, 0.1) is 0 Å². The van der Waals surface area contributed by atoms with E-state index in [1.165, 1.54) is 5.39 Å². The van der Waals surface area contributed by atoms with Crippen molar-refractivity contribution >= 4 is 38.2 Å². The van der Waals surface area contributed by atoms with Crippen molar-refractivity contribution in [3.8, 4) is 11.3 Å². The number of carbonyl (C=O) groups is 1. The van der Waals surface area contributed by atoms with Crippen molar-refractivity contribution < 1.29 is 9.21 Å². The molecule has 152 valence electrons. The Morgan fingerprint density at radius 2 is 1.74 bits per heavy atom. The topological polar surface area (TPSA) is 42.2 Å². The summed E-state index contributed by atoms with van der Waals surface area (Å²) in [4.78, 5) is 13.1. The second-order valence-corrected chi connectivity index (χ2v) is 9.10.